The molecule has 13 heavy (non-hydrogen) atoms. The highest BCUT2D eigenvalue weighted by Gasteiger charge is 2.33. The fourth-order valence-corrected chi connectivity index (χ4v) is 1.65. The van der Waals surface area contributed by atoms with E-state index in [1.165, 1.54) is 6.07 Å². The molecule has 1 nitrogen and oxygen atoms in total. The van der Waals surface area contributed by atoms with E-state index in [1.54, 1.807) is 0 Å². The van der Waals surface area contributed by atoms with E-state index in [0.29, 0.717) is 4.47 Å². The summed E-state index contributed by atoms with van der Waals surface area (Å²) in [7, 11) is 0. The van der Waals surface area contributed by atoms with E-state index in [4.69, 9.17) is 5.73 Å². The van der Waals surface area contributed by atoms with Gasteiger partial charge in [0.05, 0.1) is 5.56 Å². The number of hydrogen-bond acceptors (Lipinski definition) is 2. The third kappa shape index (κ3) is 2.31. The van der Waals surface area contributed by atoms with Crippen LogP contribution in [0.3, 0.4) is 0 Å². The van der Waals surface area contributed by atoms with Crippen LogP contribution in [0.5, 0.6) is 0 Å². The van der Waals surface area contributed by atoms with E-state index in [9.17, 15) is 13.2 Å². The van der Waals surface area contributed by atoms with Gasteiger partial charge >= 0.3 is 6.18 Å². The first-order valence-corrected chi connectivity index (χ1v) is 4.41. The zero-order valence-electron chi connectivity index (χ0n) is 6.19. The maximum Gasteiger partial charge on any atom is 0.417 e. The van der Waals surface area contributed by atoms with Crippen molar-refractivity contribution in [3.05, 3.63) is 22.2 Å². The monoisotopic (exact) mass is 271 g/mol. The normalized spacial score (nSPS) is 11.8. The van der Waals surface area contributed by atoms with Crippen LogP contribution in [0.4, 0.5) is 18.9 Å². The van der Waals surface area contributed by atoms with Gasteiger partial charge in [-0.1, -0.05) is 0 Å². The summed E-state index contributed by atoms with van der Waals surface area (Å²) in [5.41, 5.74) is 4.53. The van der Waals surface area contributed by atoms with Crippen LogP contribution in [0.1, 0.15) is 5.56 Å². The highest BCUT2D eigenvalue weighted by Crippen LogP contribution is 2.37. The van der Waals surface area contributed by atoms with Crippen molar-refractivity contribution in [2.75, 3.05) is 5.73 Å². The summed E-state index contributed by atoms with van der Waals surface area (Å²) in [5.74, 6) is 0. The topological polar surface area (TPSA) is 26.0 Å². The molecule has 0 heterocycles. The predicted octanol–water partition coefficient (Wildman–Crippen LogP) is 3.34. The molecule has 0 bridgehead atoms. The Morgan fingerprint density at radius 1 is 1.31 bits per heavy atom. The minimum Gasteiger partial charge on any atom is -0.398 e. The van der Waals surface area contributed by atoms with E-state index in [0.717, 1.165) is 6.07 Å². The van der Waals surface area contributed by atoms with Crippen LogP contribution in [-0.4, -0.2) is 0 Å². The van der Waals surface area contributed by atoms with E-state index in [-0.39, 0.29) is 10.6 Å². The maximum absolute atomic E-state index is 12.2. The molecule has 1 aromatic carbocycles. The summed E-state index contributed by atoms with van der Waals surface area (Å²) in [5, 5.41) is 0. The van der Waals surface area contributed by atoms with Gasteiger partial charge in [-0.2, -0.15) is 13.2 Å². The van der Waals surface area contributed by atoms with Gasteiger partial charge in [0.15, 0.2) is 0 Å². The van der Waals surface area contributed by atoms with Gasteiger partial charge in [0.2, 0.25) is 0 Å². The molecule has 6 heteroatoms. The van der Waals surface area contributed by atoms with Crippen molar-refractivity contribution in [2.24, 2.45) is 0 Å². The molecule has 72 valence electrons. The van der Waals surface area contributed by atoms with Gasteiger partial charge in [-0.15, -0.1) is 12.6 Å². The Kier molecular flexibility index (Phi) is 2.82. The van der Waals surface area contributed by atoms with Crippen LogP contribution in [0, 0.1) is 0 Å². The number of nitrogen functional groups attached to an aromatic ring is 1. The van der Waals surface area contributed by atoms with Gasteiger partial charge in [0.1, 0.15) is 0 Å². The maximum atomic E-state index is 12.2. The van der Waals surface area contributed by atoms with Crippen LogP contribution in [-0.2, 0) is 6.18 Å². The molecule has 0 saturated carbocycles. The average Bonchev–Trinajstić information content (AvgIpc) is 1.94. The fourth-order valence-electron chi connectivity index (χ4n) is 0.807. The number of thiol groups is 1. The van der Waals surface area contributed by atoms with E-state index in [2.05, 4.69) is 28.6 Å². The molecule has 1 rings (SSSR count). The predicted molar refractivity (Wildman–Crippen MR) is 50.8 cm³/mol. The molecule has 0 aromatic heterocycles. The SMILES string of the molecule is Nc1cc(C(F)(F)F)c(S)cc1Br. The van der Waals surface area contributed by atoms with Gasteiger partial charge in [-0.05, 0) is 28.1 Å². The Morgan fingerprint density at radius 3 is 2.31 bits per heavy atom. The summed E-state index contributed by atoms with van der Waals surface area (Å²) in [6.07, 6.45) is -4.41. The van der Waals surface area contributed by atoms with Crippen LogP contribution in [0.25, 0.3) is 0 Å². The molecule has 0 amide bonds. The zero-order valence-corrected chi connectivity index (χ0v) is 8.67. The Labute approximate surface area is 86.7 Å². The quantitative estimate of drug-likeness (QED) is 0.549. The summed E-state index contributed by atoms with van der Waals surface area (Å²) in [6, 6.07) is 2.08. The average molecular weight is 272 g/mol. The number of halogens is 4. The van der Waals surface area contributed by atoms with Crippen molar-refractivity contribution >= 4 is 34.2 Å². The van der Waals surface area contributed by atoms with Crippen LogP contribution in [0.15, 0.2) is 21.5 Å². The summed E-state index contributed by atoms with van der Waals surface area (Å²) in [4.78, 5) is -0.145. The number of alkyl halides is 3. The second-order valence-electron chi connectivity index (χ2n) is 2.39. The summed E-state index contributed by atoms with van der Waals surface area (Å²) in [6.45, 7) is 0. The van der Waals surface area contributed by atoms with Crippen molar-refractivity contribution in [3.63, 3.8) is 0 Å². The number of hydrogen-bond donors (Lipinski definition) is 2. The Bertz CT molecular complexity index is 337. The summed E-state index contributed by atoms with van der Waals surface area (Å²) >= 11 is 6.71. The first-order valence-electron chi connectivity index (χ1n) is 3.17. The highest BCUT2D eigenvalue weighted by molar-refractivity contribution is 9.10. The first-order chi connectivity index (χ1) is 5.82. The minimum atomic E-state index is -4.41. The lowest BCUT2D eigenvalue weighted by Gasteiger charge is -2.10. The van der Waals surface area contributed by atoms with Crippen molar-refractivity contribution < 1.29 is 13.2 Å². The molecule has 0 fully saturated rings. The van der Waals surface area contributed by atoms with Crippen molar-refractivity contribution in [1.82, 2.24) is 0 Å². The van der Waals surface area contributed by atoms with Crippen molar-refractivity contribution in [1.29, 1.82) is 0 Å². The first kappa shape index (κ1) is 10.7. The Hall–Kier alpha value is -0.360. The molecule has 0 atom stereocenters. The second-order valence-corrected chi connectivity index (χ2v) is 3.72. The molecular weight excluding hydrogens is 267 g/mol. The molecule has 0 saturated heterocycles. The third-order valence-electron chi connectivity index (χ3n) is 1.42. The van der Waals surface area contributed by atoms with Gasteiger partial charge in [0, 0.05) is 15.1 Å². The smallest absolute Gasteiger partial charge is 0.398 e. The Balaban J connectivity index is 3.32. The van der Waals surface area contributed by atoms with E-state index in [1.807, 2.05) is 0 Å². The fraction of sp³-hybridized carbons (Fsp3) is 0.143. The molecule has 1 aromatic rings. The minimum absolute atomic E-state index is 0.0464. The van der Waals surface area contributed by atoms with Gasteiger partial charge in [-0.25, -0.2) is 0 Å². The Morgan fingerprint density at radius 2 is 1.85 bits per heavy atom. The standard InChI is InChI=1S/C7H5BrF3NS/c8-4-2-6(13)3(1-5(4)12)7(9,10)11/h1-2,13H,12H2. The molecule has 0 aliphatic rings. The van der Waals surface area contributed by atoms with Crippen molar-refractivity contribution in [3.8, 4) is 0 Å². The second kappa shape index (κ2) is 3.42. The number of benzene rings is 1. The number of rotatable bonds is 0. The lowest BCUT2D eigenvalue weighted by Crippen LogP contribution is -2.07. The molecule has 0 aliphatic carbocycles. The van der Waals surface area contributed by atoms with Crippen LogP contribution >= 0.6 is 28.6 Å². The van der Waals surface area contributed by atoms with Crippen LogP contribution < -0.4 is 5.73 Å². The van der Waals surface area contributed by atoms with Gasteiger partial charge < -0.3 is 5.73 Å². The molecule has 2 N–H and O–H groups in total. The lowest BCUT2D eigenvalue weighted by molar-refractivity contribution is -0.139. The molecular formula is C7H5BrF3NS. The molecule has 0 spiro atoms. The third-order valence-corrected chi connectivity index (χ3v) is 2.48. The lowest BCUT2D eigenvalue weighted by atomic mass is 10.2. The number of nitrogens with two attached hydrogens (primary N) is 1. The molecule has 0 unspecified atom stereocenters. The highest BCUT2D eigenvalue weighted by atomic mass is 79.9. The zero-order chi connectivity index (χ0) is 10.2. The van der Waals surface area contributed by atoms with Crippen molar-refractivity contribution in [2.45, 2.75) is 11.1 Å². The molecule has 0 aliphatic heterocycles. The van der Waals surface area contributed by atoms with E-state index < -0.39 is 11.7 Å². The van der Waals surface area contributed by atoms with Gasteiger partial charge in [-0.3, -0.25) is 0 Å². The largest absolute Gasteiger partial charge is 0.417 e. The van der Waals surface area contributed by atoms with Gasteiger partial charge in [0.25, 0.3) is 0 Å². The number of anilines is 1. The molecule has 0 radical (unpaired) electrons. The van der Waals surface area contributed by atoms with E-state index >= 15 is 0 Å². The van der Waals surface area contributed by atoms with Crippen LogP contribution in [0.2, 0.25) is 0 Å². The summed E-state index contributed by atoms with van der Waals surface area (Å²) < 4.78 is 37.1.